The molecule has 1 aliphatic heterocycles. The zero-order valence-corrected chi connectivity index (χ0v) is 16.4. The van der Waals surface area contributed by atoms with Gasteiger partial charge in [0.05, 0.1) is 24.4 Å². The minimum atomic E-state index is -4.39. The van der Waals surface area contributed by atoms with Gasteiger partial charge in [-0.3, -0.25) is 4.68 Å². The third kappa shape index (κ3) is 3.84. The van der Waals surface area contributed by atoms with E-state index >= 15 is 0 Å². The van der Waals surface area contributed by atoms with E-state index < -0.39 is 11.7 Å². The predicted octanol–water partition coefficient (Wildman–Crippen LogP) is 5.20. The quantitative estimate of drug-likeness (QED) is 0.451. The van der Waals surface area contributed by atoms with Crippen LogP contribution in [0.2, 0.25) is 0 Å². The number of aryl methyl sites for hydroxylation is 1. The number of aromatic nitrogens is 4. The first-order valence-corrected chi connectivity index (χ1v) is 9.63. The predicted molar refractivity (Wildman–Crippen MR) is 105 cm³/mol. The van der Waals surface area contributed by atoms with Crippen LogP contribution in [-0.4, -0.2) is 19.9 Å². The number of alkyl halides is 3. The molecular weight excluding hydrogens is 409 g/mol. The lowest BCUT2D eigenvalue weighted by molar-refractivity contribution is -0.137. The molecule has 3 heterocycles. The van der Waals surface area contributed by atoms with Crippen molar-refractivity contribution in [2.24, 2.45) is 0 Å². The largest absolute Gasteiger partial charge is 0.416 e. The van der Waals surface area contributed by atoms with Gasteiger partial charge in [0.2, 0.25) is 5.82 Å². The Hall–Kier alpha value is -3.46. The Bertz CT molecular complexity index is 1210. The van der Waals surface area contributed by atoms with E-state index in [1.807, 2.05) is 41.9 Å². The molecule has 158 valence electrons. The molecule has 31 heavy (non-hydrogen) atoms. The topological polar surface area (TPSA) is 66.0 Å². The lowest BCUT2D eigenvalue weighted by atomic mass is 10.1. The zero-order chi connectivity index (χ0) is 21.6. The normalized spacial score (nSPS) is 16.3. The van der Waals surface area contributed by atoms with Gasteiger partial charge in [-0.15, -0.1) is 0 Å². The Kier molecular flexibility index (Phi) is 4.62. The number of rotatable bonds is 3. The van der Waals surface area contributed by atoms with Gasteiger partial charge in [-0.05, 0) is 30.7 Å². The maximum Gasteiger partial charge on any atom is 0.416 e. The van der Waals surface area contributed by atoms with Gasteiger partial charge in [0.25, 0.3) is 5.89 Å². The smallest absolute Gasteiger partial charge is 0.365 e. The molecule has 0 bridgehead atoms. The van der Waals surface area contributed by atoms with Gasteiger partial charge >= 0.3 is 6.18 Å². The molecule has 9 heteroatoms. The SMILES string of the molecule is Cc1ccc([C@H]2Cn3nc(-c4nc(-c5ccc(C(F)(F)F)cc5)no4)cc3CO2)cc1. The van der Waals surface area contributed by atoms with E-state index in [4.69, 9.17) is 9.26 Å². The van der Waals surface area contributed by atoms with Crippen LogP contribution in [0.4, 0.5) is 13.2 Å². The van der Waals surface area contributed by atoms with Crippen molar-refractivity contribution in [1.82, 2.24) is 19.9 Å². The first-order valence-electron chi connectivity index (χ1n) is 9.63. The summed E-state index contributed by atoms with van der Waals surface area (Å²) in [7, 11) is 0. The number of halogens is 3. The number of hydrogen-bond acceptors (Lipinski definition) is 5. The van der Waals surface area contributed by atoms with Crippen LogP contribution in [0, 0.1) is 6.92 Å². The first kappa shape index (κ1) is 19.5. The van der Waals surface area contributed by atoms with Crippen LogP contribution in [-0.2, 0) is 24.1 Å². The molecule has 1 atom stereocenters. The van der Waals surface area contributed by atoms with Crippen molar-refractivity contribution in [3.05, 3.63) is 77.0 Å². The van der Waals surface area contributed by atoms with E-state index in [9.17, 15) is 13.2 Å². The number of fused-ring (bicyclic) bond motifs is 1. The van der Waals surface area contributed by atoms with Crippen molar-refractivity contribution in [1.29, 1.82) is 0 Å². The molecular formula is C22H17F3N4O2. The van der Waals surface area contributed by atoms with Crippen molar-refractivity contribution in [2.75, 3.05) is 0 Å². The van der Waals surface area contributed by atoms with Crippen LogP contribution >= 0.6 is 0 Å². The van der Waals surface area contributed by atoms with Crippen LogP contribution in [0.3, 0.4) is 0 Å². The highest BCUT2D eigenvalue weighted by atomic mass is 19.4. The summed E-state index contributed by atoms with van der Waals surface area (Å²) in [5.41, 5.74) is 3.33. The molecule has 0 radical (unpaired) electrons. The van der Waals surface area contributed by atoms with E-state index in [1.54, 1.807) is 0 Å². The Balaban J connectivity index is 1.36. The fourth-order valence-corrected chi connectivity index (χ4v) is 3.47. The molecule has 6 nitrogen and oxygen atoms in total. The van der Waals surface area contributed by atoms with Crippen molar-refractivity contribution in [3.63, 3.8) is 0 Å². The van der Waals surface area contributed by atoms with Gasteiger partial charge in [0.1, 0.15) is 6.10 Å². The maximum atomic E-state index is 12.7. The Labute approximate surface area is 175 Å². The summed E-state index contributed by atoms with van der Waals surface area (Å²) in [4.78, 5) is 4.30. The summed E-state index contributed by atoms with van der Waals surface area (Å²) < 4.78 is 51.4. The summed E-state index contributed by atoms with van der Waals surface area (Å²) in [6, 6.07) is 14.6. The van der Waals surface area contributed by atoms with Gasteiger partial charge in [0, 0.05) is 5.56 Å². The van der Waals surface area contributed by atoms with E-state index in [0.29, 0.717) is 24.4 Å². The fraction of sp³-hybridized carbons (Fsp3) is 0.227. The second-order valence-electron chi connectivity index (χ2n) is 7.41. The minimum absolute atomic E-state index is 0.105. The number of benzene rings is 2. The van der Waals surface area contributed by atoms with E-state index in [-0.39, 0.29) is 17.8 Å². The maximum absolute atomic E-state index is 12.7. The molecule has 5 rings (SSSR count). The second-order valence-corrected chi connectivity index (χ2v) is 7.41. The highest BCUT2D eigenvalue weighted by Gasteiger charge is 2.30. The Morgan fingerprint density at radius 2 is 1.77 bits per heavy atom. The van der Waals surface area contributed by atoms with Crippen LogP contribution in [0.15, 0.2) is 59.1 Å². The molecule has 0 N–H and O–H groups in total. The number of hydrogen-bond donors (Lipinski definition) is 0. The van der Waals surface area contributed by atoms with Crippen LogP contribution < -0.4 is 0 Å². The average molecular weight is 426 g/mol. The minimum Gasteiger partial charge on any atom is -0.365 e. The molecule has 2 aromatic carbocycles. The van der Waals surface area contributed by atoms with Gasteiger partial charge in [-0.25, -0.2) is 0 Å². The second kappa shape index (κ2) is 7.35. The van der Waals surface area contributed by atoms with Crippen molar-refractivity contribution in [3.8, 4) is 23.0 Å². The number of ether oxygens (including phenoxy) is 1. The third-order valence-corrected chi connectivity index (χ3v) is 5.20. The molecule has 4 aromatic rings. The summed E-state index contributed by atoms with van der Waals surface area (Å²) in [5.74, 6) is 0.396. The lowest BCUT2D eigenvalue weighted by Crippen LogP contribution is -2.21. The van der Waals surface area contributed by atoms with Crippen LogP contribution in [0.1, 0.15) is 28.5 Å². The highest BCUT2D eigenvalue weighted by Crippen LogP contribution is 2.32. The molecule has 0 unspecified atom stereocenters. The first-order chi connectivity index (χ1) is 14.9. The lowest BCUT2D eigenvalue weighted by Gasteiger charge is -2.24. The van der Waals surface area contributed by atoms with E-state index in [1.165, 1.54) is 17.7 Å². The Morgan fingerprint density at radius 3 is 2.48 bits per heavy atom. The molecule has 0 spiro atoms. The molecule has 0 fully saturated rings. The standard InChI is InChI=1S/C22H17F3N4O2/c1-13-2-4-14(5-3-13)19-11-29-17(12-30-19)10-18(27-29)21-26-20(28-31-21)15-6-8-16(9-7-15)22(23,24)25/h2-10,19H,11-12H2,1H3/t19-/m1/s1. The monoisotopic (exact) mass is 426 g/mol. The highest BCUT2D eigenvalue weighted by molar-refractivity contribution is 5.58. The van der Waals surface area contributed by atoms with Crippen LogP contribution in [0.5, 0.6) is 0 Å². The van der Waals surface area contributed by atoms with Gasteiger partial charge in [0.15, 0.2) is 5.69 Å². The summed E-state index contributed by atoms with van der Waals surface area (Å²) in [6.07, 6.45) is -4.50. The molecule has 1 aliphatic rings. The molecule has 0 saturated heterocycles. The number of nitrogens with zero attached hydrogens (tertiary/aromatic N) is 4. The van der Waals surface area contributed by atoms with Gasteiger partial charge in [-0.2, -0.15) is 23.3 Å². The van der Waals surface area contributed by atoms with Crippen molar-refractivity contribution < 1.29 is 22.4 Å². The summed E-state index contributed by atoms with van der Waals surface area (Å²) >= 11 is 0. The van der Waals surface area contributed by atoms with E-state index in [2.05, 4.69) is 15.2 Å². The van der Waals surface area contributed by atoms with Crippen molar-refractivity contribution in [2.45, 2.75) is 32.4 Å². The Morgan fingerprint density at radius 1 is 1.03 bits per heavy atom. The third-order valence-electron chi connectivity index (χ3n) is 5.20. The average Bonchev–Trinajstić information content (AvgIpc) is 3.40. The zero-order valence-electron chi connectivity index (χ0n) is 16.4. The molecule has 2 aromatic heterocycles. The summed E-state index contributed by atoms with van der Waals surface area (Å²) in [5, 5.41) is 8.44. The van der Waals surface area contributed by atoms with Gasteiger partial charge in [-0.1, -0.05) is 47.1 Å². The summed E-state index contributed by atoms with van der Waals surface area (Å²) in [6.45, 7) is 2.98. The van der Waals surface area contributed by atoms with Gasteiger partial charge < -0.3 is 9.26 Å². The van der Waals surface area contributed by atoms with Crippen LogP contribution in [0.25, 0.3) is 23.0 Å². The van der Waals surface area contributed by atoms with Crippen molar-refractivity contribution >= 4 is 0 Å². The molecule has 0 amide bonds. The van der Waals surface area contributed by atoms with E-state index in [0.717, 1.165) is 23.4 Å². The molecule has 0 saturated carbocycles. The molecule has 0 aliphatic carbocycles. The fourth-order valence-electron chi connectivity index (χ4n) is 3.47.